The minimum Gasteiger partial charge on any atom is -0.493 e. The van der Waals surface area contributed by atoms with Gasteiger partial charge < -0.3 is 14.2 Å². The van der Waals surface area contributed by atoms with Crippen molar-refractivity contribution in [2.75, 3.05) is 21.3 Å². The Bertz CT molecular complexity index is 906. The zero-order valence-electron chi connectivity index (χ0n) is 14.5. The standard InChI is InChI=1S/C20H17FO4S/c1-23-15-10-13(11-16(24-2)20(15)25-3)19(22)18-9-8-17(26-18)12-4-6-14(21)7-5-12/h4-11H,1-3H3. The van der Waals surface area contributed by atoms with Crippen molar-refractivity contribution in [2.24, 2.45) is 0 Å². The molecule has 3 aromatic rings. The SMILES string of the molecule is COc1cc(C(=O)c2ccc(-c3ccc(F)cc3)s2)cc(OC)c1OC. The lowest BCUT2D eigenvalue weighted by atomic mass is 10.1. The van der Waals surface area contributed by atoms with Gasteiger partial charge >= 0.3 is 0 Å². The van der Waals surface area contributed by atoms with E-state index < -0.39 is 0 Å². The van der Waals surface area contributed by atoms with Gasteiger partial charge in [0.05, 0.1) is 26.2 Å². The molecule has 0 spiro atoms. The predicted molar refractivity (Wildman–Crippen MR) is 99.2 cm³/mol. The van der Waals surface area contributed by atoms with Crippen molar-refractivity contribution < 1.29 is 23.4 Å². The Hall–Kier alpha value is -2.86. The Morgan fingerprint density at radius 3 is 2.04 bits per heavy atom. The highest BCUT2D eigenvalue weighted by atomic mass is 32.1. The molecule has 0 saturated carbocycles. The second kappa shape index (κ2) is 7.58. The fraction of sp³-hybridized carbons (Fsp3) is 0.150. The number of halogens is 1. The maximum Gasteiger partial charge on any atom is 0.203 e. The summed E-state index contributed by atoms with van der Waals surface area (Å²) in [6.07, 6.45) is 0. The van der Waals surface area contributed by atoms with Crippen LogP contribution >= 0.6 is 11.3 Å². The van der Waals surface area contributed by atoms with Gasteiger partial charge in [0.25, 0.3) is 0 Å². The van der Waals surface area contributed by atoms with Crippen LogP contribution in [0.2, 0.25) is 0 Å². The number of rotatable bonds is 6. The lowest BCUT2D eigenvalue weighted by Gasteiger charge is -2.13. The van der Waals surface area contributed by atoms with Crippen molar-refractivity contribution in [2.45, 2.75) is 0 Å². The van der Waals surface area contributed by atoms with E-state index in [0.717, 1.165) is 10.4 Å². The second-order valence-corrected chi connectivity index (χ2v) is 6.50. The van der Waals surface area contributed by atoms with Crippen molar-refractivity contribution >= 4 is 17.1 Å². The van der Waals surface area contributed by atoms with Crippen LogP contribution < -0.4 is 14.2 Å². The number of methoxy groups -OCH3 is 3. The largest absolute Gasteiger partial charge is 0.493 e. The molecule has 0 N–H and O–H groups in total. The van der Waals surface area contributed by atoms with Gasteiger partial charge in [-0.3, -0.25) is 4.79 Å². The van der Waals surface area contributed by atoms with Crippen LogP contribution in [0.4, 0.5) is 4.39 Å². The van der Waals surface area contributed by atoms with E-state index in [1.54, 1.807) is 30.3 Å². The van der Waals surface area contributed by atoms with E-state index in [1.165, 1.54) is 44.8 Å². The summed E-state index contributed by atoms with van der Waals surface area (Å²) < 4.78 is 29.0. The van der Waals surface area contributed by atoms with E-state index in [9.17, 15) is 9.18 Å². The first kappa shape index (κ1) is 17.9. The number of ketones is 1. The third kappa shape index (κ3) is 3.41. The van der Waals surface area contributed by atoms with Crippen LogP contribution in [0.25, 0.3) is 10.4 Å². The second-order valence-electron chi connectivity index (χ2n) is 5.41. The minimum atomic E-state index is -0.293. The van der Waals surface area contributed by atoms with E-state index >= 15 is 0 Å². The molecule has 0 aliphatic carbocycles. The van der Waals surface area contributed by atoms with Crippen LogP contribution in [0.1, 0.15) is 15.2 Å². The fourth-order valence-electron chi connectivity index (χ4n) is 2.58. The van der Waals surface area contributed by atoms with Crippen LogP contribution in [0.3, 0.4) is 0 Å². The molecule has 134 valence electrons. The first-order valence-electron chi connectivity index (χ1n) is 7.78. The normalized spacial score (nSPS) is 10.5. The Morgan fingerprint density at radius 1 is 0.885 bits per heavy atom. The van der Waals surface area contributed by atoms with E-state index in [1.807, 2.05) is 6.07 Å². The highest BCUT2D eigenvalue weighted by molar-refractivity contribution is 7.17. The molecule has 0 aliphatic heterocycles. The van der Waals surface area contributed by atoms with Crippen molar-refractivity contribution in [1.29, 1.82) is 0 Å². The van der Waals surface area contributed by atoms with E-state index in [0.29, 0.717) is 27.7 Å². The van der Waals surface area contributed by atoms with Crippen molar-refractivity contribution in [3.8, 4) is 27.7 Å². The molecule has 0 aliphatic rings. The molecule has 0 atom stereocenters. The van der Waals surface area contributed by atoms with E-state index in [4.69, 9.17) is 14.2 Å². The van der Waals surface area contributed by atoms with Gasteiger partial charge in [0.1, 0.15) is 5.82 Å². The Balaban J connectivity index is 1.96. The lowest BCUT2D eigenvalue weighted by molar-refractivity contribution is 0.104. The van der Waals surface area contributed by atoms with Gasteiger partial charge in [-0.15, -0.1) is 11.3 Å². The third-order valence-corrected chi connectivity index (χ3v) is 5.02. The zero-order chi connectivity index (χ0) is 18.7. The zero-order valence-corrected chi connectivity index (χ0v) is 15.4. The maximum absolute atomic E-state index is 13.1. The van der Waals surface area contributed by atoms with Gasteiger partial charge in [-0.1, -0.05) is 12.1 Å². The molecule has 3 rings (SSSR count). The Morgan fingerprint density at radius 2 is 1.50 bits per heavy atom. The van der Waals surface area contributed by atoms with Crippen LogP contribution in [0.5, 0.6) is 17.2 Å². The number of carbonyl (C=O) groups excluding carboxylic acids is 1. The quantitative estimate of drug-likeness (QED) is 0.583. The average molecular weight is 372 g/mol. The van der Waals surface area contributed by atoms with Gasteiger partial charge in [-0.2, -0.15) is 0 Å². The summed E-state index contributed by atoms with van der Waals surface area (Å²) in [5.74, 6) is 0.836. The van der Waals surface area contributed by atoms with Crippen molar-refractivity contribution in [3.63, 3.8) is 0 Å². The monoisotopic (exact) mass is 372 g/mol. The number of ether oxygens (including phenoxy) is 3. The number of hydrogen-bond donors (Lipinski definition) is 0. The smallest absolute Gasteiger partial charge is 0.203 e. The van der Waals surface area contributed by atoms with Gasteiger partial charge in [0.15, 0.2) is 11.5 Å². The molecule has 26 heavy (non-hydrogen) atoms. The summed E-state index contributed by atoms with van der Waals surface area (Å²) in [4.78, 5) is 14.3. The van der Waals surface area contributed by atoms with Crippen LogP contribution in [0, 0.1) is 5.82 Å². The summed E-state index contributed by atoms with van der Waals surface area (Å²) in [6.45, 7) is 0. The highest BCUT2D eigenvalue weighted by Gasteiger charge is 2.19. The molecule has 0 saturated heterocycles. The van der Waals surface area contributed by atoms with Gasteiger partial charge in [-0.25, -0.2) is 4.39 Å². The molecule has 1 heterocycles. The van der Waals surface area contributed by atoms with E-state index in [2.05, 4.69) is 0 Å². The average Bonchev–Trinajstić information content (AvgIpc) is 3.16. The molecule has 6 heteroatoms. The van der Waals surface area contributed by atoms with E-state index in [-0.39, 0.29) is 11.6 Å². The Labute approximate surface area is 154 Å². The third-order valence-electron chi connectivity index (χ3n) is 3.89. The fourth-order valence-corrected chi connectivity index (χ4v) is 3.56. The summed E-state index contributed by atoms with van der Waals surface area (Å²) in [5, 5.41) is 0. The first-order chi connectivity index (χ1) is 12.6. The van der Waals surface area contributed by atoms with Crippen LogP contribution in [-0.2, 0) is 0 Å². The summed E-state index contributed by atoms with van der Waals surface area (Å²) >= 11 is 1.35. The maximum atomic E-state index is 13.1. The van der Waals surface area contributed by atoms with Gasteiger partial charge in [-0.05, 0) is 42.0 Å². The Kier molecular flexibility index (Phi) is 5.23. The summed E-state index contributed by atoms with van der Waals surface area (Å²) in [7, 11) is 4.52. The van der Waals surface area contributed by atoms with Gasteiger partial charge in [0.2, 0.25) is 11.5 Å². The molecular formula is C20H17FO4S. The van der Waals surface area contributed by atoms with Crippen LogP contribution in [-0.4, -0.2) is 27.1 Å². The lowest BCUT2D eigenvalue weighted by Crippen LogP contribution is -2.02. The molecular weight excluding hydrogens is 355 g/mol. The summed E-state index contributed by atoms with van der Waals surface area (Å²) in [6, 6.07) is 13.0. The number of carbonyl (C=O) groups is 1. The summed E-state index contributed by atoms with van der Waals surface area (Å²) in [5.41, 5.74) is 1.30. The number of hydrogen-bond acceptors (Lipinski definition) is 5. The molecule has 1 aromatic heterocycles. The van der Waals surface area contributed by atoms with Crippen molar-refractivity contribution in [1.82, 2.24) is 0 Å². The molecule has 0 bridgehead atoms. The highest BCUT2D eigenvalue weighted by Crippen LogP contribution is 2.39. The molecule has 4 nitrogen and oxygen atoms in total. The molecule has 0 fully saturated rings. The number of benzene rings is 2. The molecule has 0 unspecified atom stereocenters. The molecule has 2 aromatic carbocycles. The molecule has 0 amide bonds. The minimum absolute atomic E-state index is 0.150. The predicted octanol–water partition coefficient (Wildman–Crippen LogP) is 4.81. The van der Waals surface area contributed by atoms with Gasteiger partial charge in [0, 0.05) is 10.4 Å². The topological polar surface area (TPSA) is 44.8 Å². The number of thiophene rings is 1. The van der Waals surface area contributed by atoms with Crippen LogP contribution in [0.15, 0.2) is 48.5 Å². The first-order valence-corrected chi connectivity index (χ1v) is 8.59. The van der Waals surface area contributed by atoms with Crippen molar-refractivity contribution in [3.05, 3.63) is 64.8 Å². The molecule has 0 radical (unpaired) electrons.